The van der Waals surface area contributed by atoms with Crippen molar-refractivity contribution in [3.63, 3.8) is 0 Å². The third-order valence-electron chi connectivity index (χ3n) is 2.39. The highest BCUT2D eigenvalue weighted by molar-refractivity contribution is 9.09. The highest BCUT2D eigenvalue weighted by atomic mass is 79.9. The topological polar surface area (TPSA) is 0 Å². The molecule has 0 heterocycles. The van der Waals surface area contributed by atoms with E-state index in [1.54, 1.807) is 0 Å². The number of unbranched alkanes of at least 4 members (excludes halogenated alkanes) is 2. The van der Waals surface area contributed by atoms with Crippen molar-refractivity contribution >= 4 is 31.9 Å². The van der Waals surface area contributed by atoms with E-state index in [-0.39, 0.29) is 0 Å². The van der Waals surface area contributed by atoms with Gasteiger partial charge in [-0.1, -0.05) is 71.4 Å². The maximum absolute atomic E-state index is 3.64. The Morgan fingerprint density at radius 3 is 2.31 bits per heavy atom. The Morgan fingerprint density at radius 1 is 1.15 bits per heavy atom. The largest absolute Gasteiger partial charge is 0.0928 e. The number of rotatable bonds is 8. The molecule has 0 aromatic rings. The van der Waals surface area contributed by atoms with Crippen molar-refractivity contribution in [3.8, 4) is 0 Å². The lowest BCUT2D eigenvalue weighted by Gasteiger charge is -2.16. The van der Waals surface area contributed by atoms with Crippen LogP contribution in [0.15, 0.2) is 0 Å². The fourth-order valence-electron chi connectivity index (χ4n) is 1.68. The van der Waals surface area contributed by atoms with Gasteiger partial charge in [-0.3, -0.25) is 0 Å². The van der Waals surface area contributed by atoms with Crippen LogP contribution in [0.25, 0.3) is 0 Å². The van der Waals surface area contributed by atoms with Crippen molar-refractivity contribution in [2.75, 3.05) is 5.33 Å². The van der Waals surface area contributed by atoms with Gasteiger partial charge >= 0.3 is 0 Å². The van der Waals surface area contributed by atoms with Crippen LogP contribution in [0.4, 0.5) is 0 Å². The van der Waals surface area contributed by atoms with Gasteiger partial charge in [0.2, 0.25) is 0 Å². The van der Waals surface area contributed by atoms with Gasteiger partial charge in [0.05, 0.1) is 0 Å². The summed E-state index contributed by atoms with van der Waals surface area (Å²) >= 11 is 7.17. The summed E-state index contributed by atoms with van der Waals surface area (Å²) in [7, 11) is 0. The van der Waals surface area contributed by atoms with Gasteiger partial charge in [0, 0.05) is 10.2 Å². The van der Waals surface area contributed by atoms with Crippen LogP contribution in [0.3, 0.4) is 0 Å². The third kappa shape index (κ3) is 9.27. The van der Waals surface area contributed by atoms with Gasteiger partial charge in [0.1, 0.15) is 0 Å². The van der Waals surface area contributed by atoms with E-state index in [0.29, 0.717) is 4.83 Å². The second kappa shape index (κ2) is 9.51. The summed E-state index contributed by atoms with van der Waals surface area (Å²) in [5.41, 5.74) is 0. The minimum absolute atomic E-state index is 0.679. The van der Waals surface area contributed by atoms with Crippen molar-refractivity contribution in [2.45, 2.75) is 57.2 Å². The van der Waals surface area contributed by atoms with Gasteiger partial charge in [-0.2, -0.15) is 0 Å². The second-order valence-corrected chi connectivity index (χ2v) is 6.21. The molecule has 0 radical (unpaired) electrons. The lowest BCUT2D eigenvalue weighted by atomic mass is 9.94. The van der Waals surface area contributed by atoms with E-state index in [2.05, 4.69) is 45.7 Å². The fourth-order valence-corrected chi connectivity index (χ4v) is 2.85. The molecule has 2 heteroatoms. The SMILES string of the molecule is CCCCCC(CCBr)CC(C)Br. The van der Waals surface area contributed by atoms with Crippen LogP contribution in [0.1, 0.15) is 52.4 Å². The zero-order valence-electron chi connectivity index (χ0n) is 8.86. The molecule has 0 N–H and O–H groups in total. The summed E-state index contributed by atoms with van der Waals surface area (Å²) in [6, 6.07) is 0. The van der Waals surface area contributed by atoms with Crippen molar-refractivity contribution in [1.29, 1.82) is 0 Å². The van der Waals surface area contributed by atoms with Crippen LogP contribution >= 0.6 is 31.9 Å². The average molecular weight is 314 g/mol. The highest BCUT2D eigenvalue weighted by Crippen LogP contribution is 2.22. The first-order valence-corrected chi connectivity index (χ1v) is 7.44. The molecule has 0 aliphatic heterocycles. The monoisotopic (exact) mass is 312 g/mol. The van der Waals surface area contributed by atoms with E-state index >= 15 is 0 Å². The van der Waals surface area contributed by atoms with Gasteiger partial charge in [-0.05, 0) is 18.8 Å². The molecule has 0 nitrogen and oxygen atoms in total. The summed E-state index contributed by atoms with van der Waals surface area (Å²) in [5.74, 6) is 0.917. The van der Waals surface area contributed by atoms with E-state index < -0.39 is 0 Å². The lowest BCUT2D eigenvalue weighted by molar-refractivity contribution is 0.422. The van der Waals surface area contributed by atoms with Crippen LogP contribution in [-0.2, 0) is 0 Å². The van der Waals surface area contributed by atoms with E-state index in [1.165, 1.54) is 38.5 Å². The maximum atomic E-state index is 3.64. The maximum Gasteiger partial charge on any atom is 0.0120 e. The Balaban J connectivity index is 3.53. The number of alkyl halides is 2. The molecule has 0 bridgehead atoms. The van der Waals surface area contributed by atoms with Crippen LogP contribution in [0.2, 0.25) is 0 Å². The molecule has 2 atom stereocenters. The van der Waals surface area contributed by atoms with E-state index in [9.17, 15) is 0 Å². The normalized spacial score (nSPS) is 15.7. The van der Waals surface area contributed by atoms with Gasteiger partial charge in [-0.25, -0.2) is 0 Å². The van der Waals surface area contributed by atoms with Crippen molar-refractivity contribution in [1.82, 2.24) is 0 Å². The fraction of sp³-hybridized carbons (Fsp3) is 1.00. The van der Waals surface area contributed by atoms with E-state index in [1.807, 2.05) is 0 Å². The van der Waals surface area contributed by atoms with E-state index in [4.69, 9.17) is 0 Å². The van der Waals surface area contributed by atoms with Crippen LogP contribution in [0.5, 0.6) is 0 Å². The van der Waals surface area contributed by atoms with Gasteiger partial charge in [0.25, 0.3) is 0 Å². The molecule has 13 heavy (non-hydrogen) atoms. The first-order valence-electron chi connectivity index (χ1n) is 5.40. The average Bonchev–Trinajstić information content (AvgIpc) is 2.04. The zero-order valence-corrected chi connectivity index (χ0v) is 12.0. The van der Waals surface area contributed by atoms with Crippen LogP contribution in [-0.4, -0.2) is 10.2 Å². The number of hydrogen-bond acceptors (Lipinski definition) is 0. The van der Waals surface area contributed by atoms with Gasteiger partial charge in [0.15, 0.2) is 0 Å². The number of hydrogen-bond donors (Lipinski definition) is 0. The number of halogens is 2. The Bertz CT molecular complexity index is 102. The van der Waals surface area contributed by atoms with Crippen LogP contribution < -0.4 is 0 Å². The third-order valence-corrected chi connectivity index (χ3v) is 3.22. The lowest BCUT2D eigenvalue weighted by Crippen LogP contribution is -2.06. The van der Waals surface area contributed by atoms with Crippen LogP contribution in [0, 0.1) is 5.92 Å². The Kier molecular flexibility index (Phi) is 10.2. The minimum atomic E-state index is 0.679. The molecule has 80 valence electrons. The quantitative estimate of drug-likeness (QED) is 0.430. The standard InChI is InChI=1S/C11H22Br2/c1-3-4-5-6-11(7-8-12)9-10(2)13/h10-11H,3-9H2,1-2H3. The van der Waals surface area contributed by atoms with Crippen molar-refractivity contribution < 1.29 is 0 Å². The minimum Gasteiger partial charge on any atom is -0.0928 e. The molecule has 2 unspecified atom stereocenters. The van der Waals surface area contributed by atoms with Crippen molar-refractivity contribution in [3.05, 3.63) is 0 Å². The Morgan fingerprint density at radius 2 is 1.85 bits per heavy atom. The molecule has 0 saturated heterocycles. The predicted molar refractivity (Wildman–Crippen MR) is 69.0 cm³/mol. The summed E-state index contributed by atoms with van der Waals surface area (Å²) in [6.07, 6.45) is 8.22. The molecular formula is C11H22Br2. The molecule has 0 aliphatic rings. The predicted octanol–water partition coefficient (Wildman–Crippen LogP) is 5.14. The molecule has 0 aromatic heterocycles. The molecule has 0 aliphatic carbocycles. The molecule has 0 fully saturated rings. The molecule has 0 saturated carbocycles. The zero-order chi connectivity index (χ0) is 10.1. The van der Waals surface area contributed by atoms with Gasteiger partial charge in [-0.15, -0.1) is 0 Å². The van der Waals surface area contributed by atoms with E-state index in [0.717, 1.165) is 11.2 Å². The smallest absolute Gasteiger partial charge is 0.0120 e. The molecule has 0 amide bonds. The molecular weight excluding hydrogens is 292 g/mol. The first kappa shape index (κ1) is 14.0. The molecule has 0 rings (SSSR count). The second-order valence-electron chi connectivity index (χ2n) is 3.86. The van der Waals surface area contributed by atoms with Crippen molar-refractivity contribution in [2.24, 2.45) is 5.92 Å². The Labute approximate surface area is 100 Å². The molecule has 0 aromatic carbocycles. The Hall–Kier alpha value is 0.960. The summed E-state index contributed by atoms with van der Waals surface area (Å²) in [5, 5.41) is 1.16. The van der Waals surface area contributed by atoms with Gasteiger partial charge < -0.3 is 0 Å². The summed E-state index contributed by atoms with van der Waals surface area (Å²) in [6.45, 7) is 4.52. The highest BCUT2D eigenvalue weighted by Gasteiger charge is 2.10. The molecule has 0 spiro atoms. The first-order chi connectivity index (χ1) is 6.20. The summed E-state index contributed by atoms with van der Waals surface area (Å²) < 4.78 is 0. The summed E-state index contributed by atoms with van der Waals surface area (Å²) in [4.78, 5) is 0.679.